The molecule has 0 fully saturated rings. The molecule has 9 heteroatoms. The normalized spacial score (nSPS) is 11.6. The van der Waals surface area contributed by atoms with E-state index in [0.717, 1.165) is 12.1 Å². The number of nitrogens with two attached hydrogens (primary N) is 1. The lowest BCUT2D eigenvalue weighted by molar-refractivity contribution is -0.137. The van der Waals surface area contributed by atoms with E-state index in [2.05, 4.69) is 10.1 Å². The first-order valence-electron chi connectivity index (χ1n) is 8.59. The first kappa shape index (κ1) is 19.7. The van der Waals surface area contributed by atoms with E-state index in [1.807, 2.05) is 6.92 Å². The Kier molecular flexibility index (Phi) is 5.84. The number of aromatic nitrogens is 3. The van der Waals surface area contributed by atoms with Crippen LogP contribution in [-0.2, 0) is 10.9 Å². The second-order valence-corrected chi connectivity index (χ2v) is 5.85. The fraction of sp³-hybridized carbons (Fsp3) is 0.263. The van der Waals surface area contributed by atoms with Crippen LogP contribution in [0.4, 0.5) is 18.9 Å². The van der Waals surface area contributed by atoms with Crippen LogP contribution in [0, 0.1) is 0 Å². The van der Waals surface area contributed by atoms with E-state index < -0.39 is 11.7 Å². The monoisotopic (exact) mass is 392 g/mol. The summed E-state index contributed by atoms with van der Waals surface area (Å²) in [6.45, 7) is 2.99. The largest absolute Gasteiger partial charge is 0.460 e. The fourth-order valence-corrected chi connectivity index (χ4v) is 2.51. The topological polar surface area (TPSA) is 75.2 Å². The van der Waals surface area contributed by atoms with Crippen molar-refractivity contribution >= 4 is 5.69 Å². The Morgan fingerprint density at radius 2 is 1.82 bits per heavy atom. The maximum absolute atomic E-state index is 13.1. The van der Waals surface area contributed by atoms with Crippen molar-refractivity contribution in [3.63, 3.8) is 0 Å². The molecule has 3 rings (SSSR count). The van der Waals surface area contributed by atoms with Gasteiger partial charge >= 0.3 is 12.2 Å². The van der Waals surface area contributed by atoms with Crippen molar-refractivity contribution in [1.82, 2.24) is 14.8 Å². The molecule has 0 saturated carbocycles. The first-order valence-corrected chi connectivity index (χ1v) is 8.59. The van der Waals surface area contributed by atoms with E-state index in [1.165, 1.54) is 16.8 Å². The van der Waals surface area contributed by atoms with Crippen LogP contribution in [0.25, 0.3) is 17.1 Å². The minimum Gasteiger partial charge on any atom is -0.460 e. The Morgan fingerprint density at radius 3 is 2.50 bits per heavy atom. The van der Waals surface area contributed by atoms with E-state index in [1.54, 1.807) is 24.3 Å². The lowest BCUT2D eigenvalue weighted by atomic mass is 10.1. The molecular formula is C19H19F3N4O2. The Labute approximate surface area is 159 Å². The predicted molar refractivity (Wildman–Crippen MR) is 98.2 cm³/mol. The van der Waals surface area contributed by atoms with Crippen LogP contribution in [0.1, 0.15) is 12.5 Å². The van der Waals surface area contributed by atoms with E-state index in [-0.39, 0.29) is 24.0 Å². The molecule has 0 unspecified atom stereocenters. The van der Waals surface area contributed by atoms with Crippen LogP contribution in [0.2, 0.25) is 0 Å². The number of halogens is 3. The van der Waals surface area contributed by atoms with Gasteiger partial charge in [-0.3, -0.25) is 0 Å². The molecule has 1 aromatic heterocycles. The number of hydrogen-bond acceptors (Lipinski definition) is 5. The lowest BCUT2D eigenvalue weighted by Crippen LogP contribution is -2.07. The van der Waals surface area contributed by atoms with Crippen molar-refractivity contribution in [2.45, 2.75) is 13.1 Å². The summed E-state index contributed by atoms with van der Waals surface area (Å²) in [7, 11) is 0. The van der Waals surface area contributed by atoms with Crippen molar-refractivity contribution in [3.8, 4) is 23.1 Å². The molecule has 0 saturated heterocycles. The number of benzene rings is 2. The highest BCUT2D eigenvalue weighted by Crippen LogP contribution is 2.32. The van der Waals surface area contributed by atoms with Crippen molar-refractivity contribution in [1.29, 1.82) is 0 Å². The van der Waals surface area contributed by atoms with Crippen LogP contribution in [0.15, 0.2) is 48.5 Å². The van der Waals surface area contributed by atoms with Gasteiger partial charge in [0, 0.05) is 17.9 Å². The molecular weight excluding hydrogens is 373 g/mol. The number of nitrogens with zero attached hydrogens (tertiary/aromatic N) is 3. The molecule has 3 aromatic rings. The summed E-state index contributed by atoms with van der Waals surface area (Å²) >= 11 is 0. The molecule has 0 amide bonds. The van der Waals surface area contributed by atoms with Gasteiger partial charge in [0.05, 0.1) is 17.9 Å². The van der Waals surface area contributed by atoms with Gasteiger partial charge in [0.2, 0.25) is 0 Å². The summed E-state index contributed by atoms with van der Waals surface area (Å²) in [6.07, 6.45) is -4.46. The summed E-state index contributed by atoms with van der Waals surface area (Å²) in [6, 6.07) is 11.7. The maximum Gasteiger partial charge on any atom is 0.416 e. The van der Waals surface area contributed by atoms with Crippen molar-refractivity contribution in [2.75, 3.05) is 25.6 Å². The summed E-state index contributed by atoms with van der Waals surface area (Å²) in [5.41, 5.74) is 6.35. The molecule has 1 heterocycles. The molecule has 0 radical (unpaired) electrons. The highest BCUT2D eigenvalue weighted by atomic mass is 19.4. The third-order valence-electron chi connectivity index (χ3n) is 3.84. The van der Waals surface area contributed by atoms with Crippen LogP contribution in [-0.4, -0.2) is 34.6 Å². The average Bonchev–Trinajstić information content (AvgIpc) is 3.09. The minimum atomic E-state index is -4.46. The molecule has 148 valence electrons. The molecule has 0 aliphatic heterocycles. The number of ether oxygens (including phenoxy) is 2. The standard InChI is InChI=1S/C19H19F3N4O2/c1-2-27-10-11-28-18-24-17(13-4-3-5-14(12-13)19(20,21)22)26(25-18)16-8-6-15(23)7-9-16/h3-9,12H,2,10-11,23H2,1H3. The summed E-state index contributed by atoms with van der Waals surface area (Å²) in [5, 5.41) is 4.28. The third-order valence-corrected chi connectivity index (χ3v) is 3.84. The van der Waals surface area contributed by atoms with Gasteiger partial charge < -0.3 is 15.2 Å². The second-order valence-electron chi connectivity index (χ2n) is 5.85. The average molecular weight is 392 g/mol. The third kappa shape index (κ3) is 4.61. The van der Waals surface area contributed by atoms with Gasteiger partial charge in [-0.1, -0.05) is 12.1 Å². The molecule has 28 heavy (non-hydrogen) atoms. The van der Waals surface area contributed by atoms with E-state index in [0.29, 0.717) is 24.6 Å². The summed E-state index contributed by atoms with van der Waals surface area (Å²) in [5.74, 6) is 0.224. The number of nitrogen functional groups attached to an aromatic ring is 1. The summed E-state index contributed by atoms with van der Waals surface area (Å²) < 4.78 is 51.4. The molecule has 0 aliphatic rings. The van der Waals surface area contributed by atoms with Gasteiger partial charge in [0.25, 0.3) is 0 Å². The number of hydrogen-bond donors (Lipinski definition) is 1. The predicted octanol–water partition coefficient (Wildman–Crippen LogP) is 3.95. The van der Waals surface area contributed by atoms with Gasteiger partial charge in [0.1, 0.15) is 6.61 Å². The molecule has 2 N–H and O–H groups in total. The highest BCUT2D eigenvalue weighted by molar-refractivity contribution is 5.60. The Hall–Kier alpha value is -3.07. The lowest BCUT2D eigenvalue weighted by Gasteiger charge is -2.09. The minimum absolute atomic E-state index is 0.0453. The molecule has 0 spiro atoms. The highest BCUT2D eigenvalue weighted by Gasteiger charge is 2.31. The van der Waals surface area contributed by atoms with E-state index in [9.17, 15) is 13.2 Å². The van der Waals surface area contributed by atoms with Gasteiger partial charge in [0.15, 0.2) is 5.82 Å². The van der Waals surface area contributed by atoms with Crippen molar-refractivity contribution in [3.05, 3.63) is 54.1 Å². The fourth-order valence-electron chi connectivity index (χ4n) is 2.51. The summed E-state index contributed by atoms with van der Waals surface area (Å²) in [4.78, 5) is 4.28. The zero-order valence-electron chi connectivity index (χ0n) is 15.1. The zero-order chi connectivity index (χ0) is 20.1. The molecule has 6 nitrogen and oxygen atoms in total. The van der Waals surface area contributed by atoms with Gasteiger partial charge in [-0.2, -0.15) is 18.2 Å². The van der Waals surface area contributed by atoms with Gasteiger partial charge in [-0.25, -0.2) is 4.68 Å². The van der Waals surface area contributed by atoms with E-state index in [4.69, 9.17) is 15.2 Å². The Morgan fingerprint density at radius 1 is 1.07 bits per heavy atom. The molecule has 2 aromatic carbocycles. The number of alkyl halides is 3. The van der Waals surface area contributed by atoms with Crippen molar-refractivity contribution in [2.24, 2.45) is 0 Å². The quantitative estimate of drug-likeness (QED) is 0.487. The van der Waals surface area contributed by atoms with Crippen LogP contribution >= 0.6 is 0 Å². The number of anilines is 1. The Bertz CT molecular complexity index is 924. The molecule has 0 atom stereocenters. The second kappa shape index (κ2) is 8.30. The van der Waals surface area contributed by atoms with Crippen LogP contribution < -0.4 is 10.5 Å². The first-order chi connectivity index (χ1) is 13.4. The van der Waals surface area contributed by atoms with Gasteiger partial charge in [-0.15, -0.1) is 5.10 Å². The zero-order valence-corrected chi connectivity index (χ0v) is 15.1. The number of rotatable bonds is 7. The SMILES string of the molecule is CCOCCOc1nc(-c2cccc(C(F)(F)F)c2)n(-c2ccc(N)cc2)n1. The van der Waals surface area contributed by atoms with Gasteiger partial charge in [-0.05, 0) is 43.3 Å². The maximum atomic E-state index is 13.1. The molecule has 0 bridgehead atoms. The van der Waals surface area contributed by atoms with Crippen LogP contribution in [0.5, 0.6) is 6.01 Å². The van der Waals surface area contributed by atoms with Crippen LogP contribution in [0.3, 0.4) is 0 Å². The smallest absolute Gasteiger partial charge is 0.416 e. The van der Waals surface area contributed by atoms with Crippen molar-refractivity contribution < 1.29 is 22.6 Å². The Balaban J connectivity index is 2.00. The van der Waals surface area contributed by atoms with E-state index >= 15 is 0 Å². The molecule has 0 aliphatic carbocycles.